The Balaban J connectivity index is 1.05. The van der Waals surface area contributed by atoms with Gasteiger partial charge in [0.05, 0.1) is 29.9 Å². The summed E-state index contributed by atoms with van der Waals surface area (Å²) in [5, 5.41) is 3.28. The van der Waals surface area contributed by atoms with E-state index in [1.807, 2.05) is 0 Å². The maximum absolute atomic E-state index is 13.4. The number of rotatable bonds is 13. The molecule has 2 aromatic rings. The molecular weight excluding hydrogens is 657 g/mol. The van der Waals surface area contributed by atoms with Crippen LogP contribution in [-0.4, -0.2) is 88.2 Å². The summed E-state index contributed by atoms with van der Waals surface area (Å²) >= 11 is 18.4. The van der Waals surface area contributed by atoms with Crippen molar-refractivity contribution in [3.63, 3.8) is 0 Å². The standard InChI is InChI=1S/C33H44Cl3N3O5S/c34-27-19-29(35)33(30(36)20-27)45(41,42)39-14-4-7-28(39)22-44-23-32(40)37-21-25-8-11-26(12-9-25)31(38-15-17-43-18-16-38)13-10-24-5-2-1-3-6-24/h1-3,5-6,19-20,25-26,28,31H,4,7-18,21-23H2,(H,37,40). The van der Waals surface area contributed by atoms with E-state index in [-0.39, 0.29) is 39.1 Å². The molecule has 3 fully saturated rings. The van der Waals surface area contributed by atoms with Gasteiger partial charge in [-0.15, -0.1) is 0 Å². The van der Waals surface area contributed by atoms with E-state index in [1.165, 1.54) is 34.8 Å². The van der Waals surface area contributed by atoms with E-state index >= 15 is 0 Å². The molecule has 0 radical (unpaired) electrons. The lowest BCUT2D eigenvalue weighted by molar-refractivity contribution is -0.126. The van der Waals surface area contributed by atoms with Gasteiger partial charge in [0.15, 0.2) is 0 Å². The number of hydrogen-bond acceptors (Lipinski definition) is 6. The summed E-state index contributed by atoms with van der Waals surface area (Å²) in [6.45, 7) is 4.60. The predicted octanol–water partition coefficient (Wildman–Crippen LogP) is 6.07. The molecule has 2 aromatic carbocycles. The number of ether oxygens (including phenoxy) is 2. The van der Waals surface area contributed by atoms with Crippen molar-refractivity contribution in [3.8, 4) is 0 Å². The summed E-state index contributed by atoms with van der Waals surface area (Å²) in [5.74, 6) is 0.932. The summed E-state index contributed by atoms with van der Waals surface area (Å²) in [7, 11) is -3.96. The summed E-state index contributed by atoms with van der Waals surface area (Å²) in [6, 6.07) is 13.6. The zero-order valence-corrected chi connectivity index (χ0v) is 28.7. The molecule has 0 aromatic heterocycles. The van der Waals surface area contributed by atoms with Crippen LogP contribution in [0, 0.1) is 11.8 Å². The van der Waals surface area contributed by atoms with E-state index in [0.29, 0.717) is 43.8 Å². The lowest BCUT2D eigenvalue weighted by Gasteiger charge is -2.42. The van der Waals surface area contributed by atoms with Crippen LogP contribution in [0.5, 0.6) is 0 Å². The summed E-state index contributed by atoms with van der Waals surface area (Å²) < 4.78 is 39.5. The van der Waals surface area contributed by atoms with Gasteiger partial charge in [-0.3, -0.25) is 9.69 Å². The first kappa shape index (κ1) is 34.9. The molecule has 1 amide bonds. The number of benzene rings is 2. The molecule has 12 heteroatoms. The van der Waals surface area contributed by atoms with Gasteiger partial charge in [-0.25, -0.2) is 8.42 Å². The second-order valence-electron chi connectivity index (χ2n) is 12.5. The van der Waals surface area contributed by atoms with Crippen molar-refractivity contribution < 1.29 is 22.7 Å². The van der Waals surface area contributed by atoms with Crippen molar-refractivity contribution in [1.29, 1.82) is 0 Å². The first-order valence-electron chi connectivity index (χ1n) is 16.1. The number of morpholine rings is 1. The van der Waals surface area contributed by atoms with Crippen molar-refractivity contribution >= 4 is 50.7 Å². The van der Waals surface area contributed by atoms with Gasteiger partial charge in [0.1, 0.15) is 11.5 Å². The highest BCUT2D eigenvalue weighted by atomic mass is 35.5. The third kappa shape index (κ3) is 9.35. The lowest BCUT2D eigenvalue weighted by Crippen LogP contribution is -2.48. The van der Waals surface area contributed by atoms with Crippen LogP contribution in [0.15, 0.2) is 47.4 Å². The van der Waals surface area contributed by atoms with Gasteiger partial charge >= 0.3 is 0 Å². The number of halogens is 3. The predicted molar refractivity (Wildman–Crippen MR) is 179 cm³/mol. The first-order chi connectivity index (χ1) is 21.7. The van der Waals surface area contributed by atoms with E-state index in [2.05, 4.69) is 40.5 Å². The summed E-state index contributed by atoms with van der Waals surface area (Å²) in [5.41, 5.74) is 1.40. The Labute approximate surface area is 282 Å². The monoisotopic (exact) mass is 699 g/mol. The Morgan fingerprint density at radius 2 is 1.67 bits per heavy atom. The van der Waals surface area contributed by atoms with Crippen LogP contribution >= 0.6 is 34.8 Å². The highest BCUT2D eigenvalue weighted by Gasteiger charge is 2.38. The minimum atomic E-state index is -3.96. The molecule has 248 valence electrons. The third-order valence-electron chi connectivity index (χ3n) is 9.51. The summed E-state index contributed by atoms with van der Waals surface area (Å²) in [6.07, 6.45) is 8.10. The van der Waals surface area contributed by atoms with Crippen molar-refractivity contribution in [2.24, 2.45) is 11.8 Å². The average molecular weight is 701 g/mol. The van der Waals surface area contributed by atoms with Gasteiger partial charge in [0.25, 0.3) is 0 Å². The fourth-order valence-electron chi connectivity index (χ4n) is 7.14. The molecule has 5 rings (SSSR count). The molecule has 0 spiro atoms. The molecular formula is C33H44Cl3N3O5S. The maximum atomic E-state index is 13.4. The smallest absolute Gasteiger partial charge is 0.246 e. The molecule has 2 aliphatic heterocycles. The van der Waals surface area contributed by atoms with E-state index in [4.69, 9.17) is 44.3 Å². The minimum absolute atomic E-state index is 0.0173. The fraction of sp³-hybridized carbons (Fsp3) is 0.606. The molecule has 1 aliphatic carbocycles. The Hall–Kier alpha value is -1.43. The Kier molecular flexibility index (Phi) is 12.9. The molecule has 3 aliphatic rings. The number of nitrogens with one attached hydrogen (secondary N) is 1. The number of hydrogen-bond donors (Lipinski definition) is 1. The first-order valence-corrected chi connectivity index (χ1v) is 18.7. The number of carbonyl (C=O) groups excluding carboxylic acids is 1. The van der Waals surface area contributed by atoms with Crippen molar-refractivity contribution in [2.75, 3.05) is 52.6 Å². The topological polar surface area (TPSA) is 88.2 Å². The number of carbonyl (C=O) groups is 1. The lowest BCUT2D eigenvalue weighted by atomic mass is 9.76. The molecule has 1 N–H and O–H groups in total. The highest BCUT2D eigenvalue weighted by Crippen LogP contribution is 2.37. The fourth-order valence-corrected chi connectivity index (χ4v) is 10.3. The van der Waals surface area contributed by atoms with E-state index in [0.717, 1.165) is 52.0 Å². The Bertz CT molecular complexity index is 1350. The molecule has 45 heavy (non-hydrogen) atoms. The van der Waals surface area contributed by atoms with Crippen LogP contribution in [0.2, 0.25) is 15.1 Å². The second kappa shape index (κ2) is 16.6. The van der Waals surface area contributed by atoms with Gasteiger partial charge in [-0.2, -0.15) is 4.31 Å². The SMILES string of the molecule is O=C(COCC1CCCN1S(=O)(=O)c1c(Cl)cc(Cl)cc1Cl)NCC1CCC(C(CCc2ccccc2)N2CCOCC2)CC1. The molecule has 2 unspecified atom stereocenters. The molecule has 2 atom stereocenters. The number of nitrogens with zero attached hydrogens (tertiary/aromatic N) is 2. The normalized spacial score (nSPS) is 24.0. The van der Waals surface area contributed by atoms with Crippen LogP contribution in [0.4, 0.5) is 0 Å². The van der Waals surface area contributed by atoms with E-state index in [9.17, 15) is 13.2 Å². The quantitative estimate of drug-likeness (QED) is 0.273. The Morgan fingerprint density at radius 3 is 2.36 bits per heavy atom. The minimum Gasteiger partial charge on any atom is -0.379 e. The van der Waals surface area contributed by atoms with Gasteiger partial charge in [-0.1, -0.05) is 65.1 Å². The summed E-state index contributed by atoms with van der Waals surface area (Å²) in [4.78, 5) is 15.1. The van der Waals surface area contributed by atoms with Crippen LogP contribution in [0.3, 0.4) is 0 Å². The largest absolute Gasteiger partial charge is 0.379 e. The molecule has 2 heterocycles. The number of sulfonamides is 1. The third-order valence-corrected chi connectivity index (χ3v) is 12.6. The number of aryl methyl sites for hydroxylation is 1. The Morgan fingerprint density at radius 1 is 0.978 bits per heavy atom. The molecule has 1 saturated carbocycles. The van der Waals surface area contributed by atoms with Crippen molar-refractivity contribution in [2.45, 2.75) is 68.3 Å². The van der Waals surface area contributed by atoms with Gasteiger partial charge in [0.2, 0.25) is 15.9 Å². The van der Waals surface area contributed by atoms with Crippen molar-refractivity contribution in [3.05, 3.63) is 63.1 Å². The van der Waals surface area contributed by atoms with Crippen molar-refractivity contribution in [1.82, 2.24) is 14.5 Å². The van der Waals surface area contributed by atoms with Gasteiger partial charge < -0.3 is 14.8 Å². The zero-order chi connectivity index (χ0) is 31.8. The van der Waals surface area contributed by atoms with Gasteiger partial charge in [-0.05, 0) is 80.9 Å². The van der Waals surface area contributed by atoms with Gasteiger partial charge in [0, 0.05) is 43.3 Å². The molecule has 8 nitrogen and oxygen atoms in total. The van der Waals surface area contributed by atoms with Crippen LogP contribution in [0.1, 0.15) is 50.5 Å². The number of amides is 1. The average Bonchev–Trinajstić information content (AvgIpc) is 3.51. The van der Waals surface area contributed by atoms with Crippen LogP contribution < -0.4 is 5.32 Å². The highest BCUT2D eigenvalue weighted by molar-refractivity contribution is 7.89. The van der Waals surface area contributed by atoms with E-state index in [1.54, 1.807) is 0 Å². The molecule has 0 bridgehead atoms. The maximum Gasteiger partial charge on any atom is 0.246 e. The van der Waals surface area contributed by atoms with E-state index < -0.39 is 16.1 Å². The van der Waals surface area contributed by atoms with Crippen LogP contribution in [0.25, 0.3) is 0 Å². The zero-order valence-electron chi connectivity index (χ0n) is 25.6. The molecule has 2 saturated heterocycles. The second-order valence-corrected chi connectivity index (χ2v) is 15.5. The van der Waals surface area contributed by atoms with Crippen LogP contribution in [-0.2, 0) is 30.7 Å².